The number of thiazole rings is 1. The van der Waals surface area contributed by atoms with E-state index in [0.29, 0.717) is 44.6 Å². The minimum atomic E-state index is -0.480. The molecule has 0 bridgehead atoms. The third-order valence-electron chi connectivity index (χ3n) is 5.86. The average molecular weight is 496 g/mol. The lowest BCUT2D eigenvalue weighted by atomic mass is 10.0. The van der Waals surface area contributed by atoms with E-state index in [1.54, 1.807) is 44.0 Å². The molecular weight excluding hydrogens is 474 g/mol. The molecule has 36 heavy (non-hydrogen) atoms. The number of nitrogens with zero attached hydrogens (tertiary/aromatic N) is 2. The first-order valence-corrected chi connectivity index (χ1v) is 11.9. The molecule has 2 heterocycles. The quantitative estimate of drug-likeness (QED) is 0.166. The molecule has 0 saturated carbocycles. The number of anilines is 1. The van der Waals surface area contributed by atoms with Crippen molar-refractivity contribution in [2.24, 2.45) is 0 Å². The number of hydrogen-bond acceptors (Lipinski definition) is 8. The molecule has 5 rings (SSSR count). The van der Waals surface area contributed by atoms with Gasteiger partial charge in [0.25, 0.3) is 0 Å². The number of methoxy groups -OCH3 is 2. The minimum absolute atomic E-state index is 0.309. The number of aromatic nitrogens is 1. The molecule has 0 radical (unpaired) electrons. The fourth-order valence-corrected chi connectivity index (χ4v) is 4.81. The zero-order chi connectivity index (χ0) is 25.2. The summed E-state index contributed by atoms with van der Waals surface area (Å²) in [7, 11) is 3.17. The van der Waals surface area contributed by atoms with E-state index < -0.39 is 5.63 Å². The fraction of sp³-hybridized carbons (Fsp3) is 0.107. The zero-order valence-corrected chi connectivity index (χ0v) is 20.6. The van der Waals surface area contributed by atoms with Gasteiger partial charge < -0.3 is 19.2 Å². The van der Waals surface area contributed by atoms with Crippen molar-refractivity contribution in [3.63, 3.8) is 0 Å². The summed E-state index contributed by atoms with van der Waals surface area (Å²) in [5.74, 6) is 1.31. The first kappa shape index (κ1) is 23.1. The van der Waals surface area contributed by atoms with E-state index in [1.165, 1.54) is 11.3 Å². The van der Waals surface area contributed by atoms with Crippen LogP contribution in [0, 0.1) is 18.3 Å². The molecule has 0 spiro atoms. The number of fused-ring (bicyclic) bond motifs is 3. The SMILES string of the molecule is COc1cc(N/C=C(\C#N)c2nc(-c3cc4c(ccc5ccccc54)oc3=O)cs2)c(OC)cc1C. The van der Waals surface area contributed by atoms with E-state index in [0.717, 1.165) is 21.7 Å². The van der Waals surface area contributed by atoms with Gasteiger partial charge in [-0.3, -0.25) is 0 Å². The number of nitriles is 1. The lowest BCUT2D eigenvalue weighted by molar-refractivity contribution is 0.402. The molecule has 0 atom stereocenters. The topological polar surface area (TPSA) is 97.4 Å². The van der Waals surface area contributed by atoms with Gasteiger partial charge in [-0.1, -0.05) is 30.3 Å². The number of rotatable bonds is 6. The number of aryl methyl sites for hydroxylation is 1. The molecule has 0 aliphatic heterocycles. The van der Waals surface area contributed by atoms with Gasteiger partial charge in [-0.25, -0.2) is 9.78 Å². The summed E-state index contributed by atoms with van der Waals surface area (Å²) in [4.78, 5) is 17.3. The van der Waals surface area contributed by atoms with Crippen LogP contribution in [-0.4, -0.2) is 19.2 Å². The minimum Gasteiger partial charge on any atom is -0.496 e. The number of nitrogens with one attached hydrogen (secondary N) is 1. The summed E-state index contributed by atoms with van der Waals surface area (Å²) in [6, 6.07) is 19.3. The molecule has 1 N–H and O–H groups in total. The van der Waals surface area contributed by atoms with E-state index in [9.17, 15) is 10.1 Å². The molecule has 0 aliphatic carbocycles. The van der Waals surface area contributed by atoms with E-state index >= 15 is 0 Å². The Kier molecular flexibility index (Phi) is 6.15. The van der Waals surface area contributed by atoms with Crippen molar-refractivity contribution in [2.45, 2.75) is 6.92 Å². The molecule has 0 aliphatic rings. The highest BCUT2D eigenvalue weighted by Gasteiger charge is 2.15. The van der Waals surface area contributed by atoms with Crippen LogP contribution in [0.3, 0.4) is 0 Å². The molecule has 178 valence electrons. The van der Waals surface area contributed by atoms with Crippen molar-refractivity contribution >= 4 is 44.3 Å². The van der Waals surface area contributed by atoms with Crippen LogP contribution in [0.4, 0.5) is 5.69 Å². The van der Waals surface area contributed by atoms with Crippen LogP contribution in [0.15, 0.2) is 75.4 Å². The smallest absolute Gasteiger partial charge is 0.345 e. The van der Waals surface area contributed by atoms with Crippen molar-refractivity contribution in [2.75, 3.05) is 19.5 Å². The molecule has 0 amide bonds. The number of benzene rings is 3. The van der Waals surface area contributed by atoms with Crippen LogP contribution >= 0.6 is 11.3 Å². The number of ether oxygens (including phenoxy) is 2. The maximum Gasteiger partial charge on any atom is 0.345 e. The fourth-order valence-electron chi connectivity index (χ4n) is 4.03. The molecule has 2 aromatic heterocycles. The molecule has 8 heteroatoms. The standard InChI is InChI=1S/C28H21N3O4S/c1-16-10-26(34-3)22(12-25(16)33-2)30-14-18(13-29)27-31-23(15-36-27)21-11-20-19-7-5-4-6-17(19)8-9-24(20)35-28(21)32/h4-12,14-15,30H,1-3H3/b18-14+. The van der Waals surface area contributed by atoms with Gasteiger partial charge in [0.1, 0.15) is 33.7 Å². The zero-order valence-electron chi connectivity index (χ0n) is 19.8. The van der Waals surface area contributed by atoms with E-state index in [2.05, 4.69) is 16.4 Å². The van der Waals surface area contributed by atoms with Gasteiger partial charge in [-0.15, -0.1) is 11.3 Å². The first-order chi connectivity index (χ1) is 17.5. The summed E-state index contributed by atoms with van der Waals surface area (Å²) in [6.07, 6.45) is 1.56. The van der Waals surface area contributed by atoms with Gasteiger partial charge in [0, 0.05) is 23.0 Å². The van der Waals surface area contributed by atoms with Crippen molar-refractivity contribution in [3.8, 4) is 28.8 Å². The summed E-state index contributed by atoms with van der Waals surface area (Å²) < 4.78 is 16.4. The maximum absolute atomic E-state index is 12.8. The number of hydrogen-bond donors (Lipinski definition) is 1. The third-order valence-corrected chi connectivity index (χ3v) is 6.74. The van der Waals surface area contributed by atoms with Crippen LogP contribution in [-0.2, 0) is 0 Å². The predicted molar refractivity (Wildman–Crippen MR) is 143 cm³/mol. The Bertz CT molecular complexity index is 1740. The Morgan fingerprint density at radius 3 is 2.67 bits per heavy atom. The van der Waals surface area contributed by atoms with Crippen LogP contribution in [0.5, 0.6) is 11.5 Å². The number of allylic oxidation sites excluding steroid dienone is 1. The third kappa shape index (κ3) is 4.17. The van der Waals surface area contributed by atoms with Crippen molar-refractivity contribution < 1.29 is 13.9 Å². The van der Waals surface area contributed by atoms with Gasteiger partial charge in [-0.2, -0.15) is 5.26 Å². The molecule has 0 unspecified atom stereocenters. The molecule has 7 nitrogen and oxygen atoms in total. The second-order valence-corrected chi connectivity index (χ2v) is 8.88. The second kappa shape index (κ2) is 9.56. The summed E-state index contributed by atoms with van der Waals surface area (Å²) >= 11 is 1.27. The molecule has 3 aromatic carbocycles. The van der Waals surface area contributed by atoms with E-state index in [4.69, 9.17) is 13.9 Å². The van der Waals surface area contributed by atoms with Gasteiger partial charge in [0.2, 0.25) is 0 Å². The Labute approximate surface area is 210 Å². The maximum atomic E-state index is 12.8. The summed E-state index contributed by atoms with van der Waals surface area (Å²) in [5, 5.41) is 18.0. The predicted octanol–water partition coefficient (Wildman–Crippen LogP) is 6.37. The van der Waals surface area contributed by atoms with Crippen LogP contribution < -0.4 is 20.4 Å². The average Bonchev–Trinajstić information content (AvgIpc) is 3.38. The molecule has 5 aromatic rings. The highest BCUT2D eigenvalue weighted by molar-refractivity contribution is 7.11. The Balaban J connectivity index is 1.52. The van der Waals surface area contributed by atoms with Gasteiger partial charge in [0.15, 0.2) is 0 Å². The first-order valence-electron chi connectivity index (χ1n) is 11.0. The Hall–Kier alpha value is -4.61. The Morgan fingerprint density at radius 1 is 1.08 bits per heavy atom. The van der Waals surface area contributed by atoms with E-state index in [-0.39, 0.29) is 0 Å². The van der Waals surface area contributed by atoms with Crippen molar-refractivity contribution in [3.05, 3.63) is 87.2 Å². The monoisotopic (exact) mass is 495 g/mol. The Morgan fingerprint density at radius 2 is 1.89 bits per heavy atom. The molecular formula is C28H21N3O4S. The van der Waals surface area contributed by atoms with Gasteiger partial charge >= 0.3 is 5.63 Å². The lowest BCUT2D eigenvalue weighted by Crippen LogP contribution is -2.03. The van der Waals surface area contributed by atoms with Crippen LogP contribution in [0.1, 0.15) is 10.6 Å². The highest BCUT2D eigenvalue weighted by atomic mass is 32.1. The summed E-state index contributed by atoms with van der Waals surface area (Å²) in [5.41, 5.74) is 2.71. The van der Waals surface area contributed by atoms with Crippen molar-refractivity contribution in [1.29, 1.82) is 5.26 Å². The van der Waals surface area contributed by atoms with Crippen LogP contribution in [0.2, 0.25) is 0 Å². The van der Waals surface area contributed by atoms with Crippen molar-refractivity contribution in [1.82, 2.24) is 4.98 Å². The molecule has 0 saturated heterocycles. The highest BCUT2D eigenvalue weighted by Crippen LogP contribution is 2.34. The van der Waals surface area contributed by atoms with E-state index in [1.807, 2.05) is 43.3 Å². The normalized spacial score (nSPS) is 11.4. The lowest BCUT2D eigenvalue weighted by Gasteiger charge is -2.12. The summed E-state index contributed by atoms with van der Waals surface area (Å²) in [6.45, 7) is 1.92. The largest absolute Gasteiger partial charge is 0.496 e. The van der Waals surface area contributed by atoms with Gasteiger partial charge in [-0.05, 0) is 41.5 Å². The van der Waals surface area contributed by atoms with Crippen LogP contribution in [0.25, 0.3) is 38.6 Å². The second-order valence-electron chi connectivity index (χ2n) is 8.02. The van der Waals surface area contributed by atoms with Gasteiger partial charge in [0.05, 0.1) is 31.2 Å². The molecule has 0 fully saturated rings.